The summed E-state index contributed by atoms with van der Waals surface area (Å²) in [6, 6.07) is 3.78. The van der Waals surface area contributed by atoms with Gasteiger partial charge in [0.05, 0.1) is 5.69 Å². The van der Waals surface area contributed by atoms with Crippen molar-refractivity contribution in [2.24, 2.45) is 4.99 Å². The topological polar surface area (TPSA) is 149 Å². The maximum atomic E-state index is 14.0. The lowest BCUT2D eigenvalue weighted by molar-refractivity contribution is 0.621. The lowest BCUT2D eigenvalue weighted by atomic mass is 9.95. The van der Waals surface area contributed by atoms with Gasteiger partial charge in [-0.25, -0.2) is 14.4 Å². The second-order valence-corrected chi connectivity index (χ2v) is 7.15. The monoisotopic (exact) mass is 526 g/mol. The molecule has 0 spiro atoms. The Morgan fingerprint density at radius 3 is 2.73 bits per heavy atom. The Kier molecular flexibility index (Phi) is 4.84. The zero-order chi connectivity index (χ0) is 19.0. The summed E-state index contributed by atoms with van der Waals surface area (Å²) in [6.45, 7) is 0. The molecule has 2 aromatic rings. The summed E-state index contributed by atoms with van der Waals surface area (Å²) in [5.74, 6) is -0.170. The van der Waals surface area contributed by atoms with E-state index in [-0.39, 0.29) is 28.8 Å². The number of benzene rings is 1. The van der Waals surface area contributed by atoms with Gasteiger partial charge in [-0.1, -0.05) is 0 Å². The number of pyridine rings is 1. The van der Waals surface area contributed by atoms with E-state index in [1.54, 1.807) is 6.19 Å². The van der Waals surface area contributed by atoms with Crippen molar-refractivity contribution in [2.45, 2.75) is 6.04 Å². The molecule has 1 aliphatic heterocycles. The normalized spacial score (nSPS) is 15.1. The summed E-state index contributed by atoms with van der Waals surface area (Å²) in [5, 5.41) is 23.4. The van der Waals surface area contributed by atoms with E-state index in [1.165, 1.54) is 12.1 Å². The van der Waals surface area contributed by atoms with Crippen LogP contribution in [0.15, 0.2) is 21.6 Å². The van der Waals surface area contributed by atoms with Crippen molar-refractivity contribution >= 4 is 61.8 Å². The highest BCUT2D eigenvalue weighted by Gasteiger charge is 2.31. The summed E-state index contributed by atoms with van der Waals surface area (Å²) < 4.78 is 15.3. The van der Waals surface area contributed by atoms with Crippen molar-refractivity contribution in [3.05, 3.63) is 42.7 Å². The lowest BCUT2D eigenvalue weighted by Gasteiger charge is -2.27. The fraction of sp³-hybridized carbons (Fsp3) is 0.0667. The Morgan fingerprint density at radius 1 is 1.35 bits per heavy atom. The van der Waals surface area contributed by atoms with Crippen LogP contribution >= 0.6 is 38.5 Å². The summed E-state index contributed by atoms with van der Waals surface area (Å²) >= 11 is 5.42. The molecule has 3 rings (SSSR count). The molecule has 26 heavy (non-hydrogen) atoms. The molecule has 1 aromatic heterocycles. The molecule has 2 heterocycles. The van der Waals surface area contributed by atoms with Crippen LogP contribution in [0.1, 0.15) is 22.7 Å². The molecule has 11 heteroatoms. The first kappa shape index (κ1) is 18.2. The number of nitrogens with two attached hydrogens (primary N) is 2. The number of anilines is 3. The van der Waals surface area contributed by atoms with Gasteiger partial charge in [-0.05, 0) is 56.2 Å². The third-order valence-corrected chi connectivity index (χ3v) is 6.15. The average Bonchev–Trinajstić information content (AvgIpc) is 2.58. The number of fused-ring (bicyclic) bond motifs is 1. The molecule has 0 aliphatic carbocycles. The summed E-state index contributed by atoms with van der Waals surface area (Å²) in [6.07, 6.45) is 1.76. The quantitative estimate of drug-likeness (QED) is 0.193. The first-order valence-electron chi connectivity index (χ1n) is 7.00. The van der Waals surface area contributed by atoms with Crippen LogP contribution in [0.3, 0.4) is 0 Å². The minimum absolute atomic E-state index is 0.0182. The van der Waals surface area contributed by atoms with Crippen LogP contribution in [-0.2, 0) is 0 Å². The standard InChI is InChI=1S/C15H9BrFIN8/c16-10-6(1-5(17)2-8(10)18)12-9-11(21)7(3-19)13(22)25-14(9)26-15(24-12)23-4-20/h1-2,12H,(H6,21,22,23,24,25,26). The van der Waals surface area contributed by atoms with Gasteiger partial charge in [-0.2, -0.15) is 10.5 Å². The summed E-state index contributed by atoms with van der Waals surface area (Å²) in [5.41, 5.74) is 12.9. The van der Waals surface area contributed by atoms with Crippen molar-refractivity contribution in [1.82, 2.24) is 10.3 Å². The van der Waals surface area contributed by atoms with E-state index in [4.69, 9.17) is 16.7 Å². The number of nitriles is 2. The highest BCUT2D eigenvalue weighted by Crippen LogP contribution is 2.43. The predicted octanol–water partition coefficient (Wildman–Crippen LogP) is 2.57. The number of nitrogens with zero attached hydrogens (tertiary/aromatic N) is 4. The molecule has 1 aliphatic rings. The van der Waals surface area contributed by atoms with Crippen LogP contribution in [0.25, 0.3) is 0 Å². The summed E-state index contributed by atoms with van der Waals surface area (Å²) in [4.78, 5) is 8.54. The molecule has 0 bridgehead atoms. The molecule has 6 N–H and O–H groups in total. The van der Waals surface area contributed by atoms with Crippen molar-refractivity contribution in [3.63, 3.8) is 0 Å². The number of rotatable bonds is 1. The van der Waals surface area contributed by atoms with Gasteiger partial charge >= 0.3 is 0 Å². The maximum Gasteiger partial charge on any atom is 0.211 e. The van der Waals surface area contributed by atoms with E-state index in [2.05, 4.69) is 36.5 Å². The average molecular weight is 527 g/mol. The molecular weight excluding hydrogens is 518 g/mol. The van der Waals surface area contributed by atoms with Gasteiger partial charge in [-0.15, -0.1) is 0 Å². The van der Waals surface area contributed by atoms with Crippen LogP contribution in [0.2, 0.25) is 0 Å². The fourth-order valence-corrected chi connectivity index (χ4v) is 3.64. The van der Waals surface area contributed by atoms with E-state index in [1.807, 2.05) is 28.7 Å². The van der Waals surface area contributed by atoms with Crippen LogP contribution in [0.4, 0.5) is 21.7 Å². The number of hydrogen-bond donors (Lipinski definition) is 4. The first-order chi connectivity index (χ1) is 12.4. The number of guanidine groups is 1. The first-order valence-corrected chi connectivity index (χ1v) is 8.87. The molecular formula is C15H9BrFIN8. The number of hydrogen-bond acceptors (Lipinski definition) is 8. The number of nitrogens with one attached hydrogen (secondary N) is 2. The Morgan fingerprint density at radius 2 is 2.08 bits per heavy atom. The molecule has 8 nitrogen and oxygen atoms in total. The highest BCUT2D eigenvalue weighted by molar-refractivity contribution is 14.1. The van der Waals surface area contributed by atoms with Gasteiger partial charge in [0.1, 0.15) is 35.1 Å². The largest absolute Gasteiger partial charge is 0.397 e. The summed E-state index contributed by atoms with van der Waals surface area (Å²) in [7, 11) is 0. The van der Waals surface area contributed by atoms with E-state index < -0.39 is 11.9 Å². The predicted molar refractivity (Wildman–Crippen MR) is 106 cm³/mol. The Balaban J connectivity index is 2.32. The molecule has 1 atom stereocenters. The zero-order valence-electron chi connectivity index (χ0n) is 12.8. The SMILES string of the molecule is N#CNC1=NC(c2cc(F)cc(I)c2Br)c2c(nc(N)c(C#N)c2N)N1. The molecule has 0 fully saturated rings. The molecule has 0 saturated heterocycles. The van der Waals surface area contributed by atoms with Gasteiger partial charge in [0.2, 0.25) is 5.96 Å². The number of aromatic nitrogens is 1. The Labute approximate surface area is 169 Å². The van der Waals surface area contributed by atoms with Crippen molar-refractivity contribution in [1.29, 1.82) is 10.5 Å². The van der Waals surface area contributed by atoms with Crippen molar-refractivity contribution in [2.75, 3.05) is 16.8 Å². The third kappa shape index (κ3) is 3.00. The highest BCUT2D eigenvalue weighted by atomic mass is 127. The van der Waals surface area contributed by atoms with Gasteiger partial charge in [-0.3, -0.25) is 5.32 Å². The van der Waals surface area contributed by atoms with E-state index in [9.17, 15) is 9.65 Å². The third-order valence-electron chi connectivity index (χ3n) is 3.67. The Bertz CT molecular complexity index is 1040. The number of nitrogen functional groups attached to an aromatic ring is 2. The molecule has 1 aromatic carbocycles. The molecule has 130 valence electrons. The number of aliphatic imine (C=N–C) groups is 1. The van der Waals surface area contributed by atoms with E-state index in [0.717, 1.165) is 0 Å². The fourth-order valence-electron chi connectivity index (χ4n) is 2.58. The zero-order valence-corrected chi connectivity index (χ0v) is 16.6. The number of halogens is 3. The minimum Gasteiger partial charge on any atom is -0.397 e. The van der Waals surface area contributed by atoms with Gasteiger partial charge < -0.3 is 16.8 Å². The van der Waals surface area contributed by atoms with E-state index >= 15 is 0 Å². The van der Waals surface area contributed by atoms with Crippen molar-refractivity contribution in [3.8, 4) is 12.3 Å². The lowest BCUT2D eigenvalue weighted by Crippen LogP contribution is -2.33. The smallest absolute Gasteiger partial charge is 0.211 e. The van der Waals surface area contributed by atoms with Gasteiger partial charge in [0.25, 0.3) is 0 Å². The van der Waals surface area contributed by atoms with E-state index in [0.29, 0.717) is 19.2 Å². The van der Waals surface area contributed by atoms with Crippen LogP contribution in [0.5, 0.6) is 0 Å². The van der Waals surface area contributed by atoms with Gasteiger partial charge in [0, 0.05) is 13.6 Å². The second kappa shape index (κ2) is 6.93. The molecule has 0 amide bonds. The van der Waals surface area contributed by atoms with Crippen LogP contribution < -0.4 is 22.1 Å². The van der Waals surface area contributed by atoms with Crippen molar-refractivity contribution < 1.29 is 4.39 Å². The van der Waals surface area contributed by atoms with Crippen LogP contribution in [-0.4, -0.2) is 10.9 Å². The Hall–Kier alpha value is -2.64. The molecule has 0 saturated carbocycles. The molecule has 1 unspecified atom stereocenters. The molecule has 0 radical (unpaired) electrons. The second-order valence-electron chi connectivity index (χ2n) is 5.19. The minimum atomic E-state index is -0.805. The maximum absolute atomic E-state index is 14.0. The van der Waals surface area contributed by atoms with Crippen LogP contribution in [0, 0.1) is 32.2 Å². The van der Waals surface area contributed by atoms with Gasteiger partial charge in [0.15, 0.2) is 6.19 Å².